The summed E-state index contributed by atoms with van der Waals surface area (Å²) in [5.41, 5.74) is 3.46. The van der Waals surface area contributed by atoms with Crippen LogP contribution in [-0.4, -0.2) is 24.7 Å². The fourth-order valence-electron chi connectivity index (χ4n) is 2.62. The van der Waals surface area contributed by atoms with Crippen LogP contribution in [0, 0.1) is 0 Å². The first-order chi connectivity index (χ1) is 15.4. The second kappa shape index (κ2) is 11.1. The van der Waals surface area contributed by atoms with E-state index in [0.29, 0.717) is 28.5 Å². The van der Waals surface area contributed by atoms with Gasteiger partial charge in [-0.05, 0) is 67.6 Å². The van der Waals surface area contributed by atoms with E-state index in [9.17, 15) is 9.59 Å². The number of carbonyl (C=O) groups is 2. The molecule has 6 nitrogen and oxygen atoms in total. The largest absolute Gasteiger partial charge is 0.494 e. The molecule has 164 valence electrons. The molecule has 0 unspecified atom stereocenters. The maximum Gasteiger partial charge on any atom is 0.343 e. The highest BCUT2D eigenvalue weighted by atomic mass is 79.9. The predicted octanol–water partition coefficient (Wildman–Crippen LogP) is 6.14. The topological polar surface area (TPSA) is 77.0 Å². The summed E-state index contributed by atoms with van der Waals surface area (Å²) in [6, 6.07) is 16.2. The zero-order chi connectivity index (χ0) is 23.1. The van der Waals surface area contributed by atoms with E-state index in [1.165, 1.54) is 18.3 Å². The number of carbonyl (C=O) groups excluding carboxylic acids is 2. The van der Waals surface area contributed by atoms with E-state index in [-0.39, 0.29) is 16.3 Å². The molecule has 0 saturated carbocycles. The Morgan fingerprint density at radius 2 is 1.81 bits per heavy atom. The maximum atomic E-state index is 12.5. The fraction of sp³-hybridized carbons (Fsp3) is 0.0870. The summed E-state index contributed by atoms with van der Waals surface area (Å²) in [5.74, 6) is -0.112. The number of hydrazone groups is 1. The molecular weight excluding hydrogens is 519 g/mol. The van der Waals surface area contributed by atoms with Gasteiger partial charge in [0.1, 0.15) is 11.5 Å². The van der Waals surface area contributed by atoms with Crippen molar-refractivity contribution in [3.05, 3.63) is 91.9 Å². The van der Waals surface area contributed by atoms with Crippen LogP contribution in [0.5, 0.6) is 11.5 Å². The van der Waals surface area contributed by atoms with Gasteiger partial charge in [-0.1, -0.05) is 39.1 Å². The minimum atomic E-state index is -0.540. The highest BCUT2D eigenvalue weighted by Gasteiger charge is 2.13. The standard InChI is InChI=1S/C23H17BrCl2N2O4/c1-2-31-18-7-3-14(4-8-18)23(30)32-21-10-5-16(24)11-15(21)13-27-28-22(29)19-9-6-17(25)12-20(19)26/h3-13H,2H2,1H3,(H,28,29). The highest BCUT2D eigenvalue weighted by Crippen LogP contribution is 2.24. The minimum Gasteiger partial charge on any atom is -0.494 e. The fourth-order valence-corrected chi connectivity index (χ4v) is 3.49. The molecule has 32 heavy (non-hydrogen) atoms. The lowest BCUT2D eigenvalue weighted by molar-refractivity contribution is 0.0734. The van der Waals surface area contributed by atoms with Gasteiger partial charge in [0.15, 0.2) is 0 Å². The molecule has 1 N–H and O–H groups in total. The molecule has 0 radical (unpaired) electrons. The Hall–Kier alpha value is -2.87. The summed E-state index contributed by atoms with van der Waals surface area (Å²) in [7, 11) is 0. The SMILES string of the molecule is CCOc1ccc(C(=O)Oc2ccc(Br)cc2C=NNC(=O)c2ccc(Cl)cc2Cl)cc1. The summed E-state index contributed by atoms with van der Waals surface area (Å²) in [5, 5.41) is 4.58. The molecule has 3 rings (SSSR count). The van der Waals surface area contributed by atoms with Crippen LogP contribution in [0.25, 0.3) is 0 Å². The molecule has 9 heteroatoms. The van der Waals surface area contributed by atoms with E-state index < -0.39 is 11.9 Å². The minimum absolute atomic E-state index is 0.206. The lowest BCUT2D eigenvalue weighted by Gasteiger charge is -2.09. The van der Waals surface area contributed by atoms with Crippen LogP contribution in [0.15, 0.2) is 70.2 Å². The summed E-state index contributed by atoms with van der Waals surface area (Å²) in [6.07, 6.45) is 1.37. The van der Waals surface area contributed by atoms with Gasteiger partial charge in [0, 0.05) is 15.1 Å². The van der Waals surface area contributed by atoms with Crippen LogP contribution < -0.4 is 14.9 Å². The lowest BCUT2D eigenvalue weighted by atomic mass is 10.2. The van der Waals surface area contributed by atoms with Gasteiger partial charge in [0.05, 0.1) is 29.0 Å². The van der Waals surface area contributed by atoms with E-state index in [2.05, 4.69) is 26.5 Å². The summed E-state index contributed by atoms with van der Waals surface area (Å²) < 4.78 is 11.6. The molecule has 0 saturated heterocycles. The van der Waals surface area contributed by atoms with Crippen molar-refractivity contribution in [2.75, 3.05) is 6.61 Å². The van der Waals surface area contributed by atoms with Gasteiger partial charge in [0.25, 0.3) is 5.91 Å². The van der Waals surface area contributed by atoms with Crippen molar-refractivity contribution < 1.29 is 19.1 Å². The average molecular weight is 536 g/mol. The number of amides is 1. The number of esters is 1. The van der Waals surface area contributed by atoms with Crippen LogP contribution in [0.1, 0.15) is 33.2 Å². The molecule has 0 aliphatic rings. The average Bonchev–Trinajstić information content (AvgIpc) is 2.76. The van der Waals surface area contributed by atoms with E-state index in [0.717, 1.165) is 4.47 Å². The van der Waals surface area contributed by atoms with E-state index in [1.807, 2.05) is 6.92 Å². The third-order valence-electron chi connectivity index (χ3n) is 4.12. The molecule has 0 atom stereocenters. The molecule has 3 aromatic rings. The second-order valence-corrected chi connectivity index (χ2v) is 8.11. The Balaban J connectivity index is 1.73. The van der Waals surface area contributed by atoms with Gasteiger partial charge in [-0.3, -0.25) is 4.79 Å². The van der Waals surface area contributed by atoms with Crippen molar-refractivity contribution in [2.45, 2.75) is 6.92 Å². The van der Waals surface area contributed by atoms with E-state index >= 15 is 0 Å². The molecular formula is C23H17BrCl2N2O4. The molecule has 0 spiro atoms. The monoisotopic (exact) mass is 534 g/mol. The van der Waals surface area contributed by atoms with Gasteiger partial charge in [0.2, 0.25) is 0 Å². The zero-order valence-electron chi connectivity index (χ0n) is 16.8. The molecule has 0 aliphatic carbocycles. The number of ether oxygens (including phenoxy) is 2. The first kappa shape index (κ1) is 23.8. The van der Waals surface area contributed by atoms with Gasteiger partial charge in [-0.15, -0.1) is 0 Å². The first-order valence-electron chi connectivity index (χ1n) is 9.40. The number of benzene rings is 3. The van der Waals surface area contributed by atoms with Crippen LogP contribution >= 0.6 is 39.1 Å². The maximum absolute atomic E-state index is 12.5. The number of rotatable bonds is 7. The summed E-state index contributed by atoms with van der Waals surface area (Å²) >= 11 is 15.3. The third kappa shape index (κ3) is 6.32. The summed E-state index contributed by atoms with van der Waals surface area (Å²) in [6.45, 7) is 2.41. The Bertz CT molecular complexity index is 1170. The number of nitrogens with zero attached hydrogens (tertiary/aromatic N) is 1. The number of halogens is 3. The highest BCUT2D eigenvalue weighted by molar-refractivity contribution is 9.10. The molecule has 3 aromatic carbocycles. The molecule has 0 aromatic heterocycles. The lowest BCUT2D eigenvalue weighted by Crippen LogP contribution is -2.18. The normalized spacial score (nSPS) is 10.8. The van der Waals surface area contributed by atoms with Gasteiger partial charge >= 0.3 is 5.97 Å². The van der Waals surface area contributed by atoms with E-state index in [4.69, 9.17) is 32.7 Å². The predicted molar refractivity (Wildman–Crippen MR) is 128 cm³/mol. The Kier molecular flexibility index (Phi) is 8.27. The molecule has 1 amide bonds. The zero-order valence-corrected chi connectivity index (χ0v) is 19.9. The number of hydrogen-bond donors (Lipinski definition) is 1. The second-order valence-electron chi connectivity index (χ2n) is 6.35. The molecule has 0 heterocycles. The first-order valence-corrected chi connectivity index (χ1v) is 11.0. The van der Waals surface area contributed by atoms with Crippen LogP contribution in [0.2, 0.25) is 10.0 Å². The van der Waals surface area contributed by atoms with Crippen molar-refractivity contribution >= 4 is 57.2 Å². The van der Waals surface area contributed by atoms with Crippen molar-refractivity contribution in [3.8, 4) is 11.5 Å². The smallest absolute Gasteiger partial charge is 0.343 e. The van der Waals surface area contributed by atoms with Crippen molar-refractivity contribution in [1.82, 2.24) is 5.43 Å². The van der Waals surface area contributed by atoms with Gasteiger partial charge < -0.3 is 9.47 Å². The van der Waals surface area contributed by atoms with Crippen molar-refractivity contribution in [2.24, 2.45) is 5.10 Å². The van der Waals surface area contributed by atoms with Crippen LogP contribution in [0.4, 0.5) is 0 Å². The number of nitrogens with one attached hydrogen (secondary N) is 1. The van der Waals surface area contributed by atoms with Crippen molar-refractivity contribution in [3.63, 3.8) is 0 Å². The molecule has 0 aliphatic heterocycles. The van der Waals surface area contributed by atoms with Gasteiger partial charge in [-0.2, -0.15) is 5.10 Å². The quantitative estimate of drug-likeness (QED) is 0.171. The summed E-state index contributed by atoms with van der Waals surface area (Å²) in [4.78, 5) is 24.8. The van der Waals surface area contributed by atoms with Crippen molar-refractivity contribution in [1.29, 1.82) is 0 Å². The van der Waals surface area contributed by atoms with Gasteiger partial charge in [-0.25, -0.2) is 10.2 Å². The Morgan fingerprint density at radius 1 is 1.06 bits per heavy atom. The Morgan fingerprint density at radius 3 is 2.50 bits per heavy atom. The molecule has 0 bridgehead atoms. The number of hydrogen-bond acceptors (Lipinski definition) is 5. The Labute approximate surface area is 203 Å². The van der Waals surface area contributed by atoms with E-state index in [1.54, 1.807) is 48.5 Å². The van der Waals surface area contributed by atoms with Crippen LogP contribution in [-0.2, 0) is 0 Å². The van der Waals surface area contributed by atoms with Crippen LogP contribution in [0.3, 0.4) is 0 Å². The molecule has 0 fully saturated rings. The third-order valence-corrected chi connectivity index (χ3v) is 5.16.